The van der Waals surface area contributed by atoms with Crippen molar-refractivity contribution in [2.24, 2.45) is 5.73 Å². The molecule has 0 saturated heterocycles. The minimum atomic E-state index is -3.52. The van der Waals surface area contributed by atoms with E-state index in [-0.39, 0.29) is 6.04 Å². The standard InChI is InChI=1S/C12H20N2O2S/c1-9-7-5-6-8-11(9)17(15,16)14-12(3,4)10(2)13/h5-8,10,14H,13H2,1-4H3. The van der Waals surface area contributed by atoms with Gasteiger partial charge in [0.15, 0.2) is 0 Å². The first kappa shape index (κ1) is 14.2. The van der Waals surface area contributed by atoms with Gasteiger partial charge in [-0.15, -0.1) is 0 Å². The summed E-state index contributed by atoms with van der Waals surface area (Å²) in [6.07, 6.45) is 0. The van der Waals surface area contributed by atoms with Gasteiger partial charge in [-0.2, -0.15) is 0 Å². The van der Waals surface area contributed by atoms with E-state index in [2.05, 4.69) is 4.72 Å². The molecular weight excluding hydrogens is 236 g/mol. The minimum absolute atomic E-state index is 0.277. The summed E-state index contributed by atoms with van der Waals surface area (Å²) in [6, 6.07) is 6.61. The molecular formula is C12H20N2O2S. The number of nitrogens with one attached hydrogen (secondary N) is 1. The lowest BCUT2D eigenvalue weighted by atomic mass is 9.99. The lowest BCUT2D eigenvalue weighted by molar-refractivity contribution is 0.387. The van der Waals surface area contributed by atoms with Gasteiger partial charge < -0.3 is 5.73 Å². The third-order valence-electron chi connectivity index (χ3n) is 2.92. The average Bonchev–Trinajstić information content (AvgIpc) is 2.16. The van der Waals surface area contributed by atoms with Crippen LogP contribution in [0.3, 0.4) is 0 Å². The molecule has 1 atom stereocenters. The highest BCUT2D eigenvalue weighted by Crippen LogP contribution is 2.17. The molecule has 0 heterocycles. The molecule has 0 radical (unpaired) electrons. The zero-order chi connectivity index (χ0) is 13.3. The van der Waals surface area contributed by atoms with Crippen LogP contribution in [0.4, 0.5) is 0 Å². The zero-order valence-corrected chi connectivity index (χ0v) is 11.5. The van der Waals surface area contributed by atoms with Gasteiger partial charge in [0.25, 0.3) is 0 Å². The molecule has 17 heavy (non-hydrogen) atoms. The fourth-order valence-electron chi connectivity index (χ4n) is 1.35. The van der Waals surface area contributed by atoms with E-state index in [1.807, 2.05) is 6.07 Å². The van der Waals surface area contributed by atoms with Crippen molar-refractivity contribution in [3.63, 3.8) is 0 Å². The van der Waals surface area contributed by atoms with Crippen molar-refractivity contribution in [3.05, 3.63) is 29.8 Å². The number of aryl methyl sites for hydroxylation is 1. The molecule has 1 aromatic rings. The van der Waals surface area contributed by atoms with Crippen LogP contribution in [0.5, 0.6) is 0 Å². The summed E-state index contributed by atoms with van der Waals surface area (Å²) >= 11 is 0. The number of hydrogen-bond acceptors (Lipinski definition) is 3. The Morgan fingerprint density at radius 3 is 2.29 bits per heavy atom. The van der Waals surface area contributed by atoms with Crippen LogP contribution < -0.4 is 10.5 Å². The van der Waals surface area contributed by atoms with Crippen molar-refractivity contribution in [3.8, 4) is 0 Å². The summed E-state index contributed by atoms with van der Waals surface area (Å²) in [5.74, 6) is 0. The molecule has 0 fully saturated rings. The first-order valence-corrected chi connectivity index (χ1v) is 7.00. The number of nitrogens with two attached hydrogens (primary N) is 1. The Morgan fingerprint density at radius 1 is 1.29 bits per heavy atom. The van der Waals surface area contributed by atoms with Crippen molar-refractivity contribution in [2.75, 3.05) is 0 Å². The summed E-state index contributed by atoms with van der Waals surface area (Å²) in [4.78, 5) is 0.300. The molecule has 0 bridgehead atoms. The first-order valence-electron chi connectivity index (χ1n) is 5.52. The molecule has 4 nitrogen and oxygen atoms in total. The predicted octanol–water partition coefficient (Wildman–Crippen LogP) is 1.40. The van der Waals surface area contributed by atoms with Gasteiger partial charge in [-0.3, -0.25) is 0 Å². The Morgan fingerprint density at radius 2 is 1.82 bits per heavy atom. The molecule has 0 saturated carbocycles. The van der Waals surface area contributed by atoms with Crippen LogP contribution in [-0.4, -0.2) is 20.0 Å². The van der Waals surface area contributed by atoms with Crippen molar-refractivity contribution in [2.45, 2.75) is 44.2 Å². The van der Waals surface area contributed by atoms with Gasteiger partial charge in [0.2, 0.25) is 10.0 Å². The molecule has 1 unspecified atom stereocenters. The Labute approximate surface area is 103 Å². The number of benzene rings is 1. The Balaban J connectivity index is 3.11. The predicted molar refractivity (Wildman–Crippen MR) is 69.2 cm³/mol. The van der Waals surface area contributed by atoms with Crippen LogP contribution >= 0.6 is 0 Å². The van der Waals surface area contributed by atoms with Crippen molar-refractivity contribution in [1.82, 2.24) is 4.72 Å². The normalized spacial score (nSPS) is 14.6. The van der Waals surface area contributed by atoms with Crippen LogP contribution in [-0.2, 0) is 10.0 Å². The van der Waals surface area contributed by atoms with Crippen molar-refractivity contribution in [1.29, 1.82) is 0 Å². The summed E-state index contributed by atoms with van der Waals surface area (Å²) < 4.78 is 27.0. The highest BCUT2D eigenvalue weighted by atomic mass is 32.2. The molecule has 1 rings (SSSR count). The molecule has 0 aliphatic rings. The Hall–Kier alpha value is -0.910. The quantitative estimate of drug-likeness (QED) is 0.855. The fraction of sp³-hybridized carbons (Fsp3) is 0.500. The van der Waals surface area contributed by atoms with Crippen LogP contribution in [0.15, 0.2) is 29.2 Å². The largest absolute Gasteiger partial charge is 0.326 e. The maximum Gasteiger partial charge on any atom is 0.241 e. The molecule has 0 aliphatic heterocycles. The summed E-state index contributed by atoms with van der Waals surface area (Å²) in [5, 5.41) is 0. The van der Waals surface area contributed by atoms with Crippen molar-refractivity contribution >= 4 is 10.0 Å². The van der Waals surface area contributed by atoms with Gasteiger partial charge in [0.05, 0.1) is 4.90 Å². The van der Waals surface area contributed by atoms with Gasteiger partial charge in [-0.05, 0) is 39.3 Å². The monoisotopic (exact) mass is 256 g/mol. The SMILES string of the molecule is Cc1ccccc1S(=O)(=O)NC(C)(C)C(C)N. The number of sulfonamides is 1. The van der Waals surface area contributed by atoms with Gasteiger partial charge in [-0.1, -0.05) is 18.2 Å². The molecule has 5 heteroatoms. The first-order chi connectivity index (χ1) is 7.67. The second kappa shape index (κ2) is 4.76. The molecule has 3 N–H and O–H groups in total. The molecule has 0 aliphatic carbocycles. The highest BCUT2D eigenvalue weighted by Gasteiger charge is 2.30. The van der Waals surface area contributed by atoms with E-state index in [1.54, 1.807) is 45.9 Å². The van der Waals surface area contributed by atoms with E-state index in [0.717, 1.165) is 5.56 Å². The molecule has 0 spiro atoms. The van der Waals surface area contributed by atoms with E-state index in [4.69, 9.17) is 5.73 Å². The number of rotatable bonds is 4. The van der Waals surface area contributed by atoms with E-state index >= 15 is 0 Å². The Kier molecular flexibility index (Phi) is 3.96. The second-order valence-electron chi connectivity index (χ2n) is 4.88. The maximum atomic E-state index is 12.2. The third kappa shape index (κ3) is 3.28. The zero-order valence-electron chi connectivity index (χ0n) is 10.7. The molecule has 1 aromatic carbocycles. The van der Waals surface area contributed by atoms with Gasteiger partial charge in [0.1, 0.15) is 0 Å². The van der Waals surface area contributed by atoms with Crippen LogP contribution in [0.25, 0.3) is 0 Å². The van der Waals surface area contributed by atoms with E-state index < -0.39 is 15.6 Å². The maximum absolute atomic E-state index is 12.2. The second-order valence-corrected chi connectivity index (χ2v) is 6.53. The molecule has 0 aromatic heterocycles. The lowest BCUT2D eigenvalue weighted by Crippen LogP contribution is -2.54. The lowest BCUT2D eigenvalue weighted by Gasteiger charge is -2.30. The van der Waals surface area contributed by atoms with Crippen LogP contribution in [0, 0.1) is 6.92 Å². The number of hydrogen-bond donors (Lipinski definition) is 2. The van der Waals surface area contributed by atoms with E-state index in [1.165, 1.54) is 0 Å². The van der Waals surface area contributed by atoms with Gasteiger partial charge in [-0.25, -0.2) is 13.1 Å². The minimum Gasteiger partial charge on any atom is -0.326 e. The summed E-state index contributed by atoms with van der Waals surface area (Å²) in [6.45, 7) is 7.09. The smallest absolute Gasteiger partial charge is 0.241 e. The summed E-state index contributed by atoms with van der Waals surface area (Å²) in [7, 11) is -3.52. The van der Waals surface area contributed by atoms with E-state index in [9.17, 15) is 8.42 Å². The van der Waals surface area contributed by atoms with Gasteiger partial charge in [0, 0.05) is 11.6 Å². The molecule has 0 amide bonds. The van der Waals surface area contributed by atoms with Crippen LogP contribution in [0.1, 0.15) is 26.3 Å². The highest BCUT2D eigenvalue weighted by molar-refractivity contribution is 7.89. The Bertz CT molecular complexity index is 493. The van der Waals surface area contributed by atoms with Crippen molar-refractivity contribution < 1.29 is 8.42 Å². The fourth-order valence-corrected chi connectivity index (χ4v) is 3.09. The third-order valence-corrected chi connectivity index (χ3v) is 4.75. The molecule has 96 valence electrons. The van der Waals surface area contributed by atoms with Gasteiger partial charge >= 0.3 is 0 Å². The van der Waals surface area contributed by atoms with E-state index in [0.29, 0.717) is 4.90 Å². The van der Waals surface area contributed by atoms with Crippen LogP contribution in [0.2, 0.25) is 0 Å². The average molecular weight is 256 g/mol. The topological polar surface area (TPSA) is 72.2 Å². The summed E-state index contributed by atoms with van der Waals surface area (Å²) in [5.41, 5.74) is 5.81.